The topological polar surface area (TPSA) is 26.8 Å². The molecular weight excluding hydrogens is 663 g/mol. The molecule has 6 heteroatoms. The Morgan fingerprint density at radius 3 is 1.77 bits per heavy atom. The minimum absolute atomic E-state index is 0. The van der Waals surface area contributed by atoms with Crippen LogP contribution in [0.4, 0.5) is 0 Å². The van der Waals surface area contributed by atoms with Gasteiger partial charge in [0.25, 0.3) is 6.33 Å². The minimum atomic E-state index is 0. The van der Waals surface area contributed by atoms with Crippen molar-refractivity contribution in [2.75, 3.05) is 0 Å². The summed E-state index contributed by atoms with van der Waals surface area (Å²) in [6.45, 7) is 0. The van der Waals surface area contributed by atoms with Crippen LogP contribution in [0.2, 0.25) is 0 Å². The van der Waals surface area contributed by atoms with E-state index in [9.17, 15) is 0 Å². The van der Waals surface area contributed by atoms with Crippen molar-refractivity contribution in [3.8, 4) is 28.6 Å². The van der Waals surface area contributed by atoms with Gasteiger partial charge in [0.2, 0.25) is 6.33 Å². The third-order valence-corrected chi connectivity index (χ3v) is 6.52. The Kier molecular flexibility index (Phi) is 6.60. The van der Waals surface area contributed by atoms with Crippen LogP contribution in [-0.4, -0.2) is 9.13 Å². The van der Waals surface area contributed by atoms with Crippen LogP contribution in [0.1, 0.15) is 0 Å². The molecule has 39 heavy (non-hydrogen) atoms. The Balaban J connectivity index is 0.00000277. The van der Waals surface area contributed by atoms with E-state index in [0.29, 0.717) is 11.5 Å². The molecule has 7 aromatic rings. The summed E-state index contributed by atoms with van der Waals surface area (Å²) in [5.74, 6) is 1.20. The average Bonchev–Trinajstić information content (AvgIpc) is 3.52. The van der Waals surface area contributed by atoms with E-state index in [-0.39, 0.29) is 21.1 Å². The zero-order valence-corrected chi connectivity index (χ0v) is 23.3. The van der Waals surface area contributed by atoms with Gasteiger partial charge < -0.3 is 18.4 Å². The van der Waals surface area contributed by atoms with Crippen LogP contribution in [0.3, 0.4) is 0 Å². The first-order valence-corrected chi connectivity index (χ1v) is 12.4. The Morgan fingerprint density at radius 2 is 1.10 bits per heavy atom. The van der Waals surface area contributed by atoms with E-state index in [1.807, 2.05) is 99.6 Å². The number of rotatable bonds is 5. The Morgan fingerprint density at radius 1 is 0.564 bits per heavy atom. The van der Waals surface area contributed by atoms with Crippen molar-refractivity contribution in [2.45, 2.75) is 0 Å². The minimum Gasteiger partial charge on any atom is -0.510 e. The summed E-state index contributed by atoms with van der Waals surface area (Å²) < 4.78 is 14.3. The molecule has 0 aliphatic heterocycles. The summed E-state index contributed by atoms with van der Waals surface area (Å²) in [5.41, 5.74) is 6.97. The normalized spacial score (nSPS) is 11.0. The second-order valence-corrected chi connectivity index (χ2v) is 8.98. The van der Waals surface area contributed by atoms with Gasteiger partial charge in [0.15, 0.2) is 0 Å². The van der Waals surface area contributed by atoms with Gasteiger partial charge in [0, 0.05) is 11.5 Å². The molecule has 0 N–H and O–H groups in total. The molecule has 0 radical (unpaired) electrons. The molecule has 5 nitrogen and oxygen atoms in total. The molecule has 7 rings (SSSR count). The summed E-state index contributed by atoms with van der Waals surface area (Å²) in [7, 11) is 1.99. The molecule has 0 atom stereocenters. The van der Waals surface area contributed by atoms with Crippen molar-refractivity contribution in [3.63, 3.8) is 0 Å². The molecule has 0 saturated carbocycles. The molecule has 0 amide bonds. The maximum Gasteiger partial charge on any atom is 4.00 e. The molecule has 188 valence electrons. The second kappa shape index (κ2) is 10.4. The Bertz CT molecular complexity index is 1920. The van der Waals surface area contributed by atoms with E-state index in [1.165, 1.54) is 0 Å². The van der Waals surface area contributed by atoms with Crippen molar-refractivity contribution >= 4 is 22.1 Å². The van der Waals surface area contributed by atoms with E-state index in [4.69, 9.17) is 4.74 Å². The van der Waals surface area contributed by atoms with Gasteiger partial charge in [-0.1, -0.05) is 72.4 Å². The summed E-state index contributed by atoms with van der Waals surface area (Å²) in [6, 6.07) is 45.2. The second-order valence-electron chi connectivity index (χ2n) is 8.98. The fraction of sp³-hybridized carbons (Fsp3) is 0.0303. The van der Waals surface area contributed by atoms with Crippen molar-refractivity contribution < 1.29 is 34.9 Å². The first-order valence-electron chi connectivity index (χ1n) is 12.4. The van der Waals surface area contributed by atoms with Gasteiger partial charge in [0.1, 0.15) is 0 Å². The van der Waals surface area contributed by atoms with Crippen molar-refractivity contribution in [2.24, 2.45) is 7.05 Å². The molecule has 0 fully saturated rings. The molecule has 0 aliphatic rings. The smallest absolute Gasteiger partial charge is 0.510 e. The van der Waals surface area contributed by atoms with Gasteiger partial charge in [-0.2, -0.15) is 24.3 Å². The van der Waals surface area contributed by atoms with Crippen molar-refractivity contribution in [1.82, 2.24) is 9.13 Å². The number of ether oxygens (including phenoxy) is 1. The number of aromatic nitrogens is 4. The van der Waals surface area contributed by atoms with Crippen molar-refractivity contribution in [1.29, 1.82) is 0 Å². The predicted molar refractivity (Wildman–Crippen MR) is 145 cm³/mol. The van der Waals surface area contributed by atoms with Crippen LogP contribution in [0.15, 0.2) is 115 Å². The van der Waals surface area contributed by atoms with Gasteiger partial charge in [-0.3, -0.25) is 4.57 Å². The number of para-hydroxylation sites is 5. The number of aryl methyl sites for hydroxylation is 1. The molecule has 0 spiro atoms. The zero-order valence-electron chi connectivity index (χ0n) is 21.0. The molecule has 2 heterocycles. The molecule has 2 aromatic heterocycles. The SMILES string of the molecule is C[n+]1[c-]n(-c2[c-]c(Oc3[c-]c(-n4[c-][n+](-c5ccccc5)c5ccccc54)ccc3)ccc2)c2ccccc21.[Pt+4]. The maximum atomic E-state index is 6.25. The number of hydrogen-bond donors (Lipinski definition) is 0. The van der Waals surface area contributed by atoms with Crippen LogP contribution in [0.5, 0.6) is 11.5 Å². The van der Waals surface area contributed by atoms with Gasteiger partial charge in [-0.05, 0) is 17.8 Å². The number of imidazole rings is 2. The van der Waals surface area contributed by atoms with Crippen LogP contribution >= 0.6 is 0 Å². The van der Waals surface area contributed by atoms with Crippen LogP contribution in [0, 0.1) is 24.8 Å². The third-order valence-electron chi connectivity index (χ3n) is 6.52. The number of fused-ring (bicyclic) bond motifs is 2. The number of nitrogens with zero attached hydrogens (tertiary/aromatic N) is 4. The van der Waals surface area contributed by atoms with Gasteiger partial charge >= 0.3 is 21.1 Å². The molecule has 0 unspecified atom stereocenters. The molecule has 0 saturated heterocycles. The first kappa shape index (κ1) is 24.8. The van der Waals surface area contributed by atoms with Gasteiger partial charge in [0.05, 0.1) is 34.8 Å². The average molecular weight is 686 g/mol. The monoisotopic (exact) mass is 685 g/mol. The molecule has 5 aromatic carbocycles. The summed E-state index contributed by atoms with van der Waals surface area (Å²) >= 11 is 0. The van der Waals surface area contributed by atoms with Crippen molar-refractivity contribution in [3.05, 3.63) is 140 Å². The maximum absolute atomic E-state index is 6.25. The van der Waals surface area contributed by atoms with Gasteiger partial charge in [-0.25, -0.2) is 0 Å². The molecular formula is C33H22N4OPt+2. The fourth-order valence-corrected chi connectivity index (χ4v) is 4.76. The first-order chi connectivity index (χ1) is 18.7. The zero-order chi connectivity index (χ0) is 25.5. The van der Waals surface area contributed by atoms with Crippen LogP contribution < -0.4 is 13.9 Å². The van der Waals surface area contributed by atoms with E-state index in [0.717, 1.165) is 39.1 Å². The Labute approximate surface area is 241 Å². The standard InChI is InChI=1S/C33H22N4O.Pt/c1-34-23-35(31-18-6-5-17-30(31)34)26-13-9-15-28(21-26)38-29-16-10-14-27(22-29)37-24-36(25-11-3-2-4-12-25)32-19-7-8-20-33(32)37;/h2-20H,1H3;/q-2;+4. The largest absolute Gasteiger partial charge is 4.00 e. The fourth-order valence-electron chi connectivity index (χ4n) is 4.76. The predicted octanol–water partition coefficient (Wildman–Crippen LogP) is 5.67. The summed E-state index contributed by atoms with van der Waals surface area (Å²) in [5, 5.41) is 0. The van der Waals surface area contributed by atoms with Crippen LogP contribution in [-0.2, 0) is 28.1 Å². The quantitative estimate of drug-likeness (QED) is 0.170. The molecule has 0 bridgehead atoms. The van der Waals surface area contributed by atoms with Gasteiger partial charge in [-0.15, -0.1) is 24.3 Å². The van der Waals surface area contributed by atoms with E-state index >= 15 is 0 Å². The number of hydrogen-bond acceptors (Lipinski definition) is 1. The van der Waals surface area contributed by atoms with E-state index < -0.39 is 0 Å². The van der Waals surface area contributed by atoms with E-state index in [2.05, 4.69) is 65.8 Å². The third kappa shape index (κ3) is 4.56. The number of benzene rings is 5. The summed E-state index contributed by atoms with van der Waals surface area (Å²) in [4.78, 5) is 0. The molecule has 0 aliphatic carbocycles. The summed E-state index contributed by atoms with van der Waals surface area (Å²) in [6.07, 6.45) is 6.84. The van der Waals surface area contributed by atoms with E-state index in [1.54, 1.807) is 0 Å². The van der Waals surface area contributed by atoms with Crippen LogP contribution in [0.25, 0.3) is 39.1 Å². The Hall–Kier alpha value is -4.47.